The van der Waals surface area contributed by atoms with E-state index in [0.717, 1.165) is 18.9 Å². The molecule has 0 aliphatic heterocycles. The van der Waals surface area contributed by atoms with Crippen LogP contribution in [0.5, 0.6) is 0 Å². The van der Waals surface area contributed by atoms with Crippen LogP contribution in [0.2, 0.25) is 0 Å². The largest absolute Gasteiger partial charge is 0.294 e. The van der Waals surface area contributed by atoms with E-state index in [4.69, 9.17) is 0 Å². The molecule has 2 nitrogen and oxygen atoms in total. The van der Waals surface area contributed by atoms with E-state index >= 15 is 0 Å². The average Bonchev–Trinajstić information content (AvgIpc) is 2.17. The van der Waals surface area contributed by atoms with Crippen LogP contribution in [0.4, 0.5) is 0 Å². The van der Waals surface area contributed by atoms with Crippen molar-refractivity contribution < 1.29 is 9.59 Å². The lowest BCUT2D eigenvalue weighted by molar-refractivity contribution is -0.114. The number of ketones is 1. The van der Waals surface area contributed by atoms with E-state index in [9.17, 15) is 9.59 Å². The second kappa shape index (κ2) is 10.2. The maximum Gasteiger partial charge on any atom is 0.166 e. The van der Waals surface area contributed by atoms with E-state index in [1.165, 1.54) is 38.0 Å². The number of hydrogen-bond donors (Lipinski definition) is 0. The molecule has 0 bridgehead atoms. The van der Waals surface area contributed by atoms with Gasteiger partial charge in [-0.1, -0.05) is 45.4 Å². The fourth-order valence-electron chi connectivity index (χ4n) is 1.39. The van der Waals surface area contributed by atoms with Crippen LogP contribution in [-0.2, 0) is 9.59 Å². The molecule has 0 radical (unpaired) electrons. The fraction of sp³-hybridized carbons (Fsp3) is 0.750. The predicted octanol–water partition coefficient (Wildman–Crippen LogP) is 3.08. The van der Waals surface area contributed by atoms with E-state index in [1.807, 2.05) is 0 Å². The van der Waals surface area contributed by atoms with Gasteiger partial charge in [-0.3, -0.25) is 4.79 Å². The Morgan fingerprint density at radius 1 is 1.07 bits per heavy atom. The van der Waals surface area contributed by atoms with Crippen molar-refractivity contribution in [2.24, 2.45) is 0 Å². The van der Waals surface area contributed by atoms with E-state index in [1.54, 1.807) is 0 Å². The van der Waals surface area contributed by atoms with Crippen LogP contribution in [0.15, 0.2) is 6.08 Å². The van der Waals surface area contributed by atoms with Crippen molar-refractivity contribution in [2.75, 3.05) is 0 Å². The number of allylic oxidation sites excluding steroid dienone is 1. The predicted molar refractivity (Wildman–Crippen MR) is 57.9 cm³/mol. The Bertz CT molecular complexity index is 190. The highest BCUT2D eigenvalue weighted by molar-refractivity contribution is 5.95. The van der Waals surface area contributed by atoms with Crippen LogP contribution in [0.3, 0.4) is 0 Å². The van der Waals surface area contributed by atoms with Crippen LogP contribution in [0.25, 0.3) is 0 Å². The highest BCUT2D eigenvalue weighted by Gasteiger charge is 1.96. The Hall–Kier alpha value is -0.880. The van der Waals surface area contributed by atoms with Gasteiger partial charge in [-0.25, -0.2) is 4.79 Å². The minimum Gasteiger partial charge on any atom is -0.294 e. The van der Waals surface area contributed by atoms with Crippen molar-refractivity contribution >= 4 is 11.7 Å². The quantitative estimate of drug-likeness (QED) is 0.322. The molecular weight excluding hydrogens is 176 g/mol. The highest BCUT2D eigenvalue weighted by Crippen LogP contribution is 2.08. The van der Waals surface area contributed by atoms with E-state index < -0.39 is 0 Å². The van der Waals surface area contributed by atoms with Gasteiger partial charge in [0.15, 0.2) is 5.78 Å². The second-order valence-corrected chi connectivity index (χ2v) is 3.60. The van der Waals surface area contributed by atoms with Gasteiger partial charge in [-0.05, 0) is 6.42 Å². The van der Waals surface area contributed by atoms with E-state index in [2.05, 4.69) is 6.92 Å². The normalized spacial score (nSPS) is 9.50. The lowest BCUT2D eigenvalue weighted by Crippen LogP contribution is -1.92. The van der Waals surface area contributed by atoms with Crippen LogP contribution in [0, 0.1) is 0 Å². The molecule has 0 aromatic heterocycles. The van der Waals surface area contributed by atoms with Crippen molar-refractivity contribution in [1.29, 1.82) is 0 Å². The standard InChI is InChI=1S/C12H20O2/c1-2-3-4-5-6-7-8-9-12(14)10-11-13/h10H,2-9H2,1H3. The van der Waals surface area contributed by atoms with Crippen molar-refractivity contribution in [3.05, 3.63) is 6.08 Å². The zero-order valence-corrected chi connectivity index (χ0v) is 9.05. The molecular formula is C12H20O2. The molecule has 14 heavy (non-hydrogen) atoms. The maximum atomic E-state index is 10.9. The molecule has 0 aliphatic rings. The van der Waals surface area contributed by atoms with E-state index in [-0.39, 0.29) is 5.78 Å². The molecule has 0 saturated heterocycles. The Morgan fingerprint density at radius 3 is 2.21 bits per heavy atom. The van der Waals surface area contributed by atoms with Gasteiger partial charge in [0.2, 0.25) is 0 Å². The minimum atomic E-state index is -0.0893. The first-order chi connectivity index (χ1) is 6.81. The summed E-state index contributed by atoms with van der Waals surface area (Å²) in [6.07, 6.45) is 9.86. The van der Waals surface area contributed by atoms with Gasteiger partial charge >= 0.3 is 0 Å². The molecule has 0 rings (SSSR count). The molecule has 0 saturated carbocycles. The Labute approximate surface area is 86.4 Å². The molecule has 0 N–H and O–H groups in total. The first-order valence-electron chi connectivity index (χ1n) is 5.55. The van der Waals surface area contributed by atoms with E-state index in [0.29, 0.717) is 6.42 Å². The van der Waals surface area contributed by atoms with Gasteiger partial charge < -0.3 is 0 Å². The Morgan fingerprint density at radius 2 is 1.64 bits per heavy atom. The van der Waals surface area contributed by atoms with Crippen LogP contribution in [-0.4, -0.2) is 11.7 Å². The zero-order chi connectivity index (χ0) is 10.6. The summed E-state index contributed by atoms with van der Waals surface area (Å²) in [5.41, 5.74) is 0. The first-order valence-corrected chi connectivity index (χ1v) is 5.55. The van der Waals surface area contributed by atoms with Crippen molar-refractivity contribution in [2.45, 2.75) is 58.3 Å². The summed E-state index contributed by atoms with van der Waals surface area (Å²) in [4.78, 5) is 20.7. The highest BCUT2D eigenvalue weighted by atomic mass is 16.1. The van der Waals surface area contributed by atoms with Gasteiger partial charge in [0.05, 0.1) is 6.08 Å². The molecule has 80 valence electrons. The third kappa shape index (κ3) is 9.21. The molecule has 0 aromatic carbocycles. The molecule has 0 unspecified atom stereocenters. The Kier molecular flexibility index (Phi) is 9.56. The topological polar surface area (TPSA) is 34.1 Å². The molecule has 0 amide bonds. The third-order valence-electron chi connectivity index (χ3n) is 2.25. The van der Waals surface area contributed by atoms with Gasteiger partial charge in [0, 0.05) is 6.42 Å². The fourth-order valence-corrected chi connectivity index (χ4v) is 1.39. The number of carbonyl (C=O) groups is 1. The van der Waals surface area contributed by atoms with Crippen molar-refractivity contribution in [3.63, 3.8) is 0 Å². The number of rotatable bonds is 9. The lowest BCUT2D eigenvalue weighted by Gasteiger charge is -1.98. The molecule has 0 aliphatic carbocycles. The summed E-state index contributed by atoms with van der Waals surface area (Å²) in [5.74, 6) is 1.42. The van der Waals surface area contributed by atoms with Gasteiger partial charge in [0.25, 0.3) is 0 Å². The monoisotopic (exact) mass is 196 g/mol. The molecule has 0 aromatic rings. The number of carbonyl (C=O) groups excluding carboxylic acids is 2. The van der Waals surface area contributed by atoms with Crippen LogP contribution >= 0.6 is 0 Å². The molecule has 0 heterocycles. The average molecular weight is 196 g/mol. The summed E-state index contributed by atoms with van der Waals surface area (Å²) >= 11 is 0. The summed E-state index contributed by atoms with van der Waals surface area (Å²) in [5, 5.41) is 0. The second-order valence-electron chi connectivity index (χ2n) is 3.60. The van der Waals surface area contributed by atoms with Crippen LogP contribution < -0.4 is 0 Å². The van der Waals surface area contributed by atoms with Gasteiger partial charge in [-0.15, -0.1) is 0 Å². The lowest BCUT2D eigenvalue weighted by atomic mass is 10.1. The first kappa shape index (κ1) is 13.1. The number of unbranched alkanes of at least 4 members (excludes halogenated alkanes) is 6. The molecule has 0 atom stereocenters. The minimum absolute atomic E-state index is 0.0893. The van der Waals surface area contributed by atoms with Crippen molar-refractivity contribution in [1.82, 2.24) is 0 Å². The smallest absolute Gasteiger partial charge is 0.166 e. The molecule has 2 heteroatoms. The molecule has 0 spiro atoms. The van der Waals surface area contributed by atoms with Crippen molar-refractivity contribution in [3.8, 4) is 0 Å². The maximum absolute atomic E-state index is 10.9. The summed E-state index contributed by atoms with van der Waals surface area (Å²) in [6.45, 7) is 2.20. The van der Waals surface area contributed by atoms with Gasteiger partial charge in [0.1, 0.15) is 5.94 Å². The van der Waals surface area contributed by atoms with Gasteiger partial charge in [-0.2, -0.15) is 0 Å². The zero-order valence-electron chi connectivity index (χ0n) is 9.05. The number of hydrogen-bond acceptors (Lipinski definition) is 2. The SMILES string of the molecule is CCCCCCCCCC(=O)C=C=O. The Balaban J connectivity index is 3.13. The summed E-state index contributed by atoms with van der Waals surface area (Å²) in [7, 11) is 0. The summed E-state index contributed by atoms with van der Waals surface area (Å²) in [6, 6.07) is 0. The van der Waals surface area contributed by atoms with Crippen LogP contribution in [0.1, 0.15) is 58.3 Å². The molecule has 0 fully saturated rings. The third-order valence-corrected chi connectivity index (χ3v) is 2.25. The summed E-state index contributed by atoms with van der Waals surface area (Å²) < 4.78 is 0.